The van der Waals surface area contributed by atoms with Crippen molar-refractivity contribution in [2.75, 3.05) is 19.7 Å². The number of aromatic nitrogens is 1. The second-order valence-electron chi connectivity index (χ2n) is 6.59. The number of carbonyl (C=O) groups excluding carboxylic acids is 2. The lowest BCUT2D eigenvalue weighted by atomic mass is 10.0. The van der Waals surface area contributed by atoms with Crippen LogP contribution in [0.3, 0.4) is 0 Å². The summed E-state index contributed by atoms with van der Waals surface area (Å²) in [6.45, 7) is 3.34. The SMILES string of the molecule is CCc1ccccc1OCC(=O)N1CCC(NC(=O)c2ccccn2)CC1. The Morgan fingerprint density at radius 2 is 1.89 bits per heavy atom. The van der Waals surface area contributed by atoms with Gasteiger partial charge in [-0.25, -0.2) is 0 Å². The normalized spacial score (nSPS) is 14.6. The number of hydrogen-bond donors (Lipinski definition) is 1. The highest BCUT2D eigenvalue weighted by atomic mass is 16.5. The van der Waals surface area contributed by atoms with Crippen molar-refractivity contribution in [3.05, 3.63) is 59.9 Å². The molecule has 2 heterocycles. The summed E-state index contributed by atoms with van der Waals surface area (Å²) in [4.78, 5) is 30.5. The predicted molar refractivity (Wildman–Crippen MR) is 103 cm³/mol. The number of pyridine rings is 1. The molecule has 2 aromatic rings. The van der Waals surface area contributed by atoms with Gasteiger partial charge in [0.05, 0.1) is 0 Å². The summed E-state index contributed by atoms with van der Waals surface area (Å²) in [5.74, 6) is 0.584. The second kappa shape index (κ2) is 9.16. The number of nitrogens with zero attached hydrogens (tertiary/aromatic N) is 2. The van der Waals surface area contributed by atoms with E-state index < -0.39 is 0 Å². The predicted octanol–water partition coefficient (Wildman–Crippen LogP) is 2.44. The van der Waals surface area contributed by atoms with Crippen molar-refractivity contribution in [1.82, 2.24) is 15.2 Å². The highest BCUT2D eigenvalue weighted by Crippen LogP contribution is 2.19. The third-order valence-electron chi connectivity index (χ3n) is 4.79. The van der Waals surface area contributed by atoms with Crippen LogP contribution in [0, 0.1) is 0 Å². The molecule has 0 atom stereocenters. The van der Waals surface area contributed by atoms with E-state index in [9.17, 15) is 9.59 Å². The summed E-state index contributed by atoms with van der Waals surface area (Å²) in [7, 11) is 0. The number of rotatable bonds is 6. The van der Waals surface area contributed by atoms with E-state index in [-0.39, 0.29) is 24.5 Å². The molecular weight excluding hydrogens is 342 g/mol. The zero-order valence-electron chi connectivity index (χ0n) is 15.6. The lowest BCUT2D eigenvalue weighted by Crippen LogP contribution is -2.47. The van der Waals surface area contributed by atoms with Crippen LogP contribution in [-0.4, -0.2) is 47.4 Å². The molecule has 142 valence electrons. The molecular formula is C21H25N3O3. The summed E-state index contributed by atoms with van der Waals surface area (Å²) in [5, 5.41) is 3.00. The molecule has 0 spiro atoms. The number of piperidine rings is 1. The maximum absolute atomic E-state index is 12.4. The van der Waals surface area contributed by atoms with Crippen LogP contribution in [0.5, 0.6) is 5.75 Å². The minimum absolute atomic E-state index is 0.0181. The fourth-order valence-electron chi connectivity index (χ4n) is 3.20. The topological polar surface area (TPSA) is 71.5 Å². The van der Waals surface area contributed by atoms with Gasteiger partial charge in [-0.2, -0.15) is 0 Å². The Hall–Kier alpha value is -2.89. The molecule has 1 fully saturated rings. The third kappa shape index (κ3) is 5.06. The smallest absolute Gasteiger partial charge is 0.270 e. The lowest BCUT2D eigenvalue weighted by molar-refractivity contribution is -0.134. The van der Waals surface area contributed by atoms with E-state index in [4.69, 9.17) is 4.74 Å². The largest absolute Gasteiger partial charge is 0.483 e. The Morgan fingerprint density at radius 1 is 1.15 bits per heavy atom. The van der Waals surface area contributed by atoms with Crippen molar-refractivity contribution in [3.63, 3.8) is 0 Å². The van der Waals surface area contributed by atoms with Crippen molar-refractivity contribution in [1.29, 1.82) is 0 Å². The third-order valence-corrected chi connectivity index (χ3v) is 4.79. The molecule has 0 aliphatic carbocycles. The fourth-order valence-corrected chi connectivity index (χ4v) is 3.20. The number of hydrogen-bond acceptors (Lipinski definition) is 4. The quantitative estimate of drug-likeness (QED) is 0.851. The van der Waals surface area contributed by atoms with Crippen molar-refractivity contribution in [2.24, 2.45) is 0 Å². The Kier molecular flexibility index (Phi) is 6.41. The molecule has 0 saturated carbocycles. The number of carbonyl (C=O) groups is 2. The van der Waals surface area contributed by atoms with Gasteiger partial charge in [-0.15, -0.1) is 0 Å². The summed E-state index contributed by atoms with van der Waals surface area (Å²) < 4.78 is 5.72. The van der Waals surface area contributed by atoms with E-state index in [1.807, 2.05) is 24.3 Å². The molecule has 1 saturated heterocycles. The lowest BCUT2D eigenvalue weighted by Gasteiger charge is -2.32. The fraction of sp³-hybridized carbons (Fsp3) is 0.381. The number of likely N-dealkylation sites (tertiary alicyclic amines) is 1. The van der Waals surface area contributed by atoms with E-state index in [1.165, 1.54) is 0 Å². The highest BCUT2D eigenvalue weighted by molar-refractivity contribution is 5.92. The Labute approximate surface area is 159 Å². The zero-order chi connectivity index (χ0) is 19.1. The number of ether oxygens (including phenoxy) is 1. The number of para-hydroxylation sites is 1. The minimum atomic E-state index is -0.167. The van der Waals surface area contributed by atoms with Crippen molar-refractivity contribution < 1.29 is 14.3 Å². The van der Waals surface area contributed by atoms with Gasteiger partial charge in [0.2, 0.25) is 0 Å². The number of aryl methyl sites for hydroxylation is 1. The highest BCUT2D eigenvalue weighted by Gasteiger charge is 2.24. The summed E-state index contributed by atoms with van der Waals surface area (Å²) >= 11 is 0. The van der Waals surface area contributed by atoms with Crippen molar-refractivity contribution in [2.45, 2.75) is 32.2 Å². The van der Waals surface area contributed by atoms with Gasteiger partial charge in [0.15, 0.2) is 6.61 Å². The summed E-state index contributed by atoms with van der Waals surface area (Å²) in [6, 6.07) is 13.1. The van der Waals surface area contributed by atoms with E-state index in [2.05, 4.69) is 17.2 Å². The van der Waals surface area contributed by atoms with Gasteiger partial charge in [0, 0.05) is 25.3 Å². The van der Waals surface area contributed by atoms with Gasteiger partial charge < -0.3 is 15.0 Å². The molecule has 1 aromatic heterocycles. The van der Waals surface area contributed by atoms with E-state index in [0.717, 1.165) is 30.6 Å². The van der Waals surface area contributed by atoms with Crippen LogP contribution in [0.25, 0.3) is 0 Å². The molecule has 3 rings (SSSR count). The van der Waals surface area contributed by atoms with Gasteiger partial charge in [-0.3, -0.25) is 14.6 Å². The molecule has 2 amide bonds. The first kappa shape index (κ1) is 18.9. The molecule has 1 aliphatic heterocycles. The molecule has 0 unspecified atom stereocenters. The number of amides is 2. The monoisotopic (exact) mass is 367 g/mol. The van der Waals surface area contributed by atoms with Crippen molar-refractivity contribution >= 4 is 11.8 Å². The maximum atomic E-state index is 12.4. The first-order chi connectivity index (χ1) is 13.2. The van der Waals surface area contributed by atoms with E-state index >= 15 is 0 Å². The molecule has 1 N–H and O–H groups in total. The van der Waals surface area contributed by atoms with Crippen LogP contribution in [0.15, 0.2) is 48.7 Å². The molecule has 1 aliphatic rings. The minimum Gasteiger partial charge on any atom is -0.483 e. The standard InChI is InChI=1S/C21H25N3O3/c1-2-16-7-3-4-9-19(16)27-15-20(25)24-13-10-17(11-14-24)23-21(26)18-8-5-6-12-22-18/h3-9,12,17H,2,10-11,13-15H2,1H3,(H,23,26). The van der Waals surface area contributed by atoms with Gasteiger partial charge in [0.1, 0.15) is 11.4 Å². The van der Waals surface area contributed by atoms with Gasteiger partial charge in [0.25, 0.3) is 11.8 Å². The Bertz CT molecular complexity index is 771. The average molecular weight is 367 g/mol. The van der Waals surface area contributed by atoms with Crippen LogP contribution in [0.1, 0.15) is 35.8 Å². The number of nitrogens with one attached hydrogen (secondary N) is 1. The zero-order valence-corrected chi connectivity index (χ0v) is 15.6. The van der Waals surface area contributed by atoms with Crippen LogP contribution >= 0.6 is 0 Å². The van der Waals surface area contributed by atoms with Crippen LogP contribution in [0.4, 0.5) is 0 Å². The first-order valence-corrected chi connectivity index (χ1v) is 9.37. The van der Waals surface area contributed by atoms with Gasteiger partial charge >= 0.3 is 0 Å². The average Bonchev–Trinajstić information content (AvgIpc) is 2.73. The van der Waals surface area contributed by atoms with Gasteiger partial charge in [-0.1, -0.05) is 31.2 Å². The summed E-state index contributed by atoms with van der Waals surface area (Å²) in [6.07, 6.45) is 3.93. The van der Waals surface area contributed by atoms with Crippen LogP contribution in [-0.2, 0) is 11.2 Å². The van der Waals surface area contributed by atoms with Crippen molar-refractivity contribution in [3.8, 4) is 5.75 Å². The van der Waals surface area contributed by atoms with Crippen LogP contribution < -0.4 is 10.1 Å². The number of benzene rings is 1. The molecule has 1 aromatic carbocycles. The molecule has 6 heteroatoms. The Balaban J connectivity index is 1.44. The maximum Gasteiger partial charge on any atom is 0.270 e. The van der Waals surface area contributed by atoms with Crippen LogP contribution in [0.2, 0.25) is 0 Å². The Morgan fingerprint density at radius 3 is 2.59 bits per heavy atom. The molecule has 27 heavy (non-hydrogen) atoms. The molecule has 0 bridgehead atoms. The van der Waals surface area contributed by atoms with E-state index in [1.54, 1.807) is 29.3 Å². The molecule has 6 nitrogen and oxygen atoms in total. The van der Waals surface area contributed by atoms with Gasteiger partial charge in [-0.05, 0) is 43.0 Å². The van der Waals surface area contributed by atoms with E-state index in [0.29, 0.717) is 18.8 Å². The second-order valence-corrected chi connectivity index (χ2v) is 6.59. The first-order valence-electron chi connectivity index (χ1n) is 9.37. The summed E-state index contributed by atoms with van der Waals surface area (Å²) in [5.41, 5.74) is 1.51. The molecule has 0 radical (unpaired) electrons.